The van der Waals surface area contributed by atoms with E-state index >= 15 is 0 Å². The molecule has 0 radical (unpaired) electrons. The summed E-state index contributed by atoms with van der Waals surface area (Å²) in [6, 6.07) is 7.86. The number of carbonyl (C=O) groups excluding carboxylic acids is 1. The highest BCUT2D eigenvalue weighted by atomic mass is 16.1. The Bertz CT molecular complexity index is 370. The predicted molar refractivity (Wildman–Crippen MR) is 64.4 cm³/mol. The van der Waals surface area contributed by atoms with Crippen molar-refractivity contribution in [1.29, 1.82) is 0 Å². The lowest BCUT2D eigenvalue weighted by Crippen LogP contribution is -2.29. The lowest BCUT2D eigenvalue weighted by atomic mass is 10.1. The molecule has 1 rings (SSSR count). The van der Waals surface area contributed by atoms with Crippen LogP contribution in [0.5, 0.6) is 0 Å². The fraction of sp³-hybridized carbons (Fsp3) is 0.250. The maximum absolute atomic E-state index is 10.9. The molecule has 16 heavy (non-hydrogen) atoms. The molecule has 0 spiro atoms. The van der Waals surface area contributed by atoms with Crippen LogP contribution in [0.1, 0.15) is 11.1 Å². The molecule has 4 nitrogen and oxygen atoms in total. The van der Waals surface area contributed by atoms with Gasteiger partial charge in [0, 0.05) is 18.7 Å². The van der Waals surface area contributed by atoms with Gasteiger partial charge >= 0.3 is 0 Å². The lowest BCUT2D eigenvalue weighted by Gasteiger charge is -2.05. The zero-order valence-corrected chi connectivity index (χ0v) is 9.20. The third-order valence-electron chi connectivity index (χ3n) is 2.13. The van der Waals surface area contributed by atoms with Gasteiger partial charge in [0.05, 0.1) is 6.54 Å². The average molecular weight is 219 g/mol. The Hall–Kier alpha value is -1.81. The standard InChI is InChI=1S/C12H17N3O/c1-9(14)6-10-2-4-11(5-3-10)8-15-12(16)7-13/h2-5H,1,6-8,13-14H2,(H,15,16). The Balaban J connectivity index is 2.51. The Labute approximate surface area is 95.3 Å². The monoisotopic (exact) mass is 219 g/mol. The molecule has 86 valence electrons. The number of amides is 1. The van der Waals surface area contributed by atoms with Gasteiger partial charge in [-0.15, -0.1) is 0 Å². The molecule has 0 saturated heterocycles. The fourth-order valence-corrected chi connectivity index (χ4v) is 1.31. The molecule has 0 atom stereocenters. The molecule has 0 bridgehead atoms. The first-order chi connectivity index (χ1) is 7.61. The molecule has 1 aromatic rings. The summed E-state index contributed by atoms with van der Waals surface area (Å²) >= 11 is 0. The Kier molecular flexibility index (Phi) is 4.54. The quantitative estimate of drug-likeness (QED) is 0.665. The third kappa shape index (κ3) is 4.14. The van der Waals surface area contributed by atoms with Gasteiger partial charge in [0.2, 0.25) is 5.91 Å². The number of nitrogens with two attached hydrogens (primary N) is 2. The Morgan fingerprint density at radius 2 is 1.81 bits per heavy atom. The van der Waals surface area contributed by atoms with E-state index in [1.54, 1.807) is 0 Å². The second kappa shape index (κ2) is 5.92. The van der Waals surface area contributed by atoms with Gasteiger partial charge in [-0.25, -0.2) is 0 Å². The van der Waals surface area contributed by atoms with Crippen LogP contribution in [0.15, 0.2) is 36.5 Å². The van der Waals surface area contributed by atoms with Crippen molar-refractivity contribution in [3.05, 3.63) is 47.7 Å². The summed E-state index contributed by atoms with van der Waals surface area (Å²) in [6.07, 6.45) is 0.676. The van der Waals surface area contributed by atoms with Gasteiger partial charge in [-0.2, -0.15) is 0 Å². The number of benzene rings is 1. The maximum Gasteiger partial charge on any atom is 0.234 e. The number of carbonyl (C=O) groups is 1. The Morgan fingerprint density at radius 3 is 2.31 bits per heavy atom. The number of nitrogens with one attached hydrogen (secondary N) is 1. The van der Waals surface area contributed by atoms with E-state index < -0.39 is 0 Å². The molecular formula is C12H17N3O. The SMILES string of the molecule is C=C(N)Cc1ccc(CNC(=O)CN)cc1. The van der Waals surface area contributed by atoms with Crippen LogP contribution in [-0.4, -0.2) is 12.5 Å². The average Bonchev–Trinajstić information content (AvgIpc) is 2.27. The van der Waals surface area contributed by atoms with Crippen LogP contribution in [0, 0.1) is 0 Å². The molecular weight excluding hydrogens is 202 g/mol. The third-order valence-corrected chi connectivity index (χ3v) is 2.13. The first-order valence-corrected chi connectivity index (χ1v) is 5.09. The number of rotatable bonds is 5. The summed E-state index contributed by atoms with van der Waals surface area (Å²) in [6.45, 7) is 4.17. The smallest absolute Gasteiger partial charge is 0.234 e. The predicted octanol–water partition coefficient (Wildman–Crippen LogP) is 0.276. The van der Waals surface area contributed by atoms with Crippen LogP contribution in [0.3, 0.4) is 0 Å². The van der Waals surface area contributed by atoms with E-state index in [2.05, 4.69) is 11.9 Å². The minimum Gasteiger partial charge on any atom is -0.402 e. The molecule has 0 aliphatic heterocycles. The summed E-state index contributed by atoms with van der Waals surface area (Å²) < 4.78 is 0. The zero-order valence-electron chi connectivity index (χ0n) is 9.20. The Morgan fingerprint density at radius 1 is 1.25 bits per heavy atom. The maximum atomic E-state index is 10.9. The van der Waals surface area contributed by atoms with E-state index in [1.165, 1.54) is 0 Å². The van der Waals surface area contributed by atoms with E-state index in [0.717, 1.165) is 11.1 Å². The normalized spacial score (nSPS) is 9.81. The highest BCUT2D eigenvalue weighted by molar-refractivity contribution is 5.77. The topological polar surface area (TPSA) is 81.1 Å². The van der Waals surface area contributed by atoms with Crippen molar-refractivity contribution in [3.8, 4) is 0 Å². The van der Waals surface area contributed by atoms with E-state index in [1.807, 2.05) is 24.3 Å². The number of allylic oxidation sites excluding steroid dienone is 1. The van der Waals surface area contributed by atoms with Crippen molar-refractivity contribution < 1.29 is 4.79 Å². The molecule has 1 amide bonds. The van der Waals surface area contributed by atoms with Gasteiger partial charge < -0.3 is 16.8 Å². The highest BCUT2D eigenvalue weighted by Gasteiger charge is 1.98. The molecule has 0 saturated carbocycles. The van der Waals surface area contributed by atoms with Crippen LogP contribution in [0.4, 0.5) is 0 Å². The van der Waals surface area contributed by atoms with Gasteiger partial charge in [-0.1, -0.05) is 30.8 Å². The minimum absolute atomic E-state index is 0.0189. The van der Waals surface area contributed by atoms with Gasteiger partial charge in [0.15, 0.2) is 0 Å². The lowest BCUT2D eigenvalue weighted by molar-refractivity contribution is -0.119. The number of hydrogen-bond acceptors (Lipinski definition) is 3. The highest BCUT2D eigenvalue weighted by Crippen LogP contribution is 2.06. The van der Waals surface area contributed by atoms with Crippen molar-refractivity contribution in [2.75, 3.05) is 6.54 Å². The summed E-state index contributed by atoms with van der Waals surface area (Å²) in [5, 5.41) is 2.70. The van der Waals surface area contributed by atoms with Crippen LogP contribution >= 0.6 is 0 Å². The first kappa shape index (κ1) is 12.3. The molecule has 1 aromatic carbocycles. The van der Waals surface area contributed by atoms with E-state index in [0.29, 0.717) is 18.7 Å². The van der Waals surface area contributed by atoms with E-state index in [-0.39, 0.29) is 12.5 Å². The van der Waals surface area contributed by atoms with Crippen molar-refractivity contribution >= 4 is 5.91 Å². The van der Waals surface area contributed by atoms with Gasteiger partial charge in [0.1, 0.15) is 0 Å². The van der Waals surface area contributed by atoms with Crippen molar-refractivity contribution in [2.45, 2.75) is 13.0 Å². The van der Waals surface area contributed by atoms with E-state index in [9.17, 15) is 4.79 Å². The van der Waals surface area contributed by atoms with Crippen LogP contribution < -0.4 is 16.8 Å². The molecule has 0 fully saturated rings. The largest absolute Gasteiger partial charge is 0.402 e. The number of hydrogen-bond donors (Lipinski definition) is 3. The molecule has 0 aliphatic carbocycles. The van der Waals surface area contributed by atoms with Crippen molar-refractivity contribution in [3.63, 3.8) is 0 Å². The van der Waals surface area contributed by atoms with Crippen LogP contribution in [0.25, 0.3) is 0 Å². The summed E-state index contributed by atoms with van der Waals surface area (Å²) in [7, 11) is 0. The van der Waals surface area contributed by atoms with Crippen LogP contribution in [0.2, 0.25) is 0 Å². The molecule has 5 N–H and O–H groups in total. The van der Waals surface area contributed by atoms with Gasteiger partial charge in [0.25, 0.3) is 0 Å². The molecule has 4 heteroatoms. The van der Waals surface area contributed by atoms with Gasteiger partial charge in [-0.05, 0) is 11.1 Å². The minimum atomic E-state index is -0.153. The van der Waals surface area contributed by atoms with Crippen molar-refractivity contribution in [1.82, 2.24) is 5.32 Å². The second-order valence-corrected chi connectivity index (χ2v) is 3.63. The first-order valence-electron chi connectivity index (χ1n) is 5.09. The summed E-state index contributed by atoms with van der Waals surface area (Å²) in [5.74, 6) is -0.153. The van der Waals surface area contributed by atoms with Gasteiger partial charge in [-0.3, -0.25) is 4.79 Å². The molecule has 0 aliphatic rings. The molecule has 0 unspecified atom stereocenters. The molecule has 0 aromatic heterocycles. The second-order valence-electron chi connectivity index (χ2n) is 3.63. The van der Waals surface area contributed by atoms with E-state index in [4.69, 9.17) is 11.5 Å². The summed E-state index contributed by atoms with van der Waals surface area (Å²) in [5.41, 5.74) is 13.5. The molecule has 0 heterocycles. The summed E-state index contributed by atoms with van der Waals surface area (Å²) in [4.78, 5) is 10.9. The van der Waals surface area contributed by atoms with Crippen LogP contribution in [-0.2, 0) is 17.8 Å². The fourth-order valence-electron chi connectivity index (χ4n) is 1.31. The zero-order chi connectivity index (χ0) is 12.0. The van der Waals surface area contributed by atoms with Crippen molar-refractivity contribution in [2.24, 2.45) is 11.5 Å².